The van der Waals surface area contributed by atoms with Gasteiger partial charge in [-0.25, -0.2) is 0 Å². The van der Waals surface area contributed by atoms with Crippen molar-refractivity contribution in [1.29, 1.82) is 0 Å². The molecule has 1 N–H and O–H groups in total. The Morgan fingerprint density at radius 1 is 0.895 bits per heavy atom. The Labute approximate surface area is 115 Å². The van der Waals surface area contributed by atoms with E-state index in [-0.39, 0.29) is 0 Å². The van der Waals surface area contributed by atoms with E-state index in [4.69, 9.17) is 4.74 Å². The van der Waals surface area contributed by atoms with E-state index in [1.165, 1.54) is 32.1 Å². The Balaban J connectivity index is 1.67. The number of benzene rings is 1. The van der Waals surface area contributed by atoms with Gasteiger partial charge in [0.05, 0.1) is 11.7 Å². The van der Waals surface area contributed by atoms with Crippen LogP contribution in [0.2, 0.25) is 0 Å². The molecule has 0 heterocycles. The summed E-state index contributed by atoms with van der Waals surface area (Å²) < 4.78 is 5.97. The van der Waals surface area contributed by atoms with E-state index in [9.17, 15) is 5.11 Å². The molecule has 0 radical (unpaired) electrons. The average molecular weight is 260 g/mol. The second kappa shape index (κ2) is 5.54. The first kappa shape index (κ1) is 13.0. The first-order valence-electron chi connectivity index (χ1n) is 7.76. The predicted molar refractivity (Wildman–Crippen MR) is 76.3 cm³/mol. The molecule has 0 aromatic heterocycles. The van der Waals surface area contributed by atoms with E-state index >= 15 is 0 Å². The topological polar surface area (TPSA) is 29.5 Å². The monoisotopic (exact) mass is 260 g/mol. The fraction of sp³-hybridized carbons (Fsp3) is 0.647. The molecule has 2 saturated carbocycles. The van der Waals surface area contributed by atoms with Crippen molar-refractivity contribution in [2.75, 3.05) is 0 Å². The lowest BCUT2D eigenvalue weighted by Gasteiger charge is -2.32. The van der Waals surface area contributed by atoms with E-state index in [0.29, 0.717) is 6.10 Å². The molecule has 0 aliphatic heterocycles. The molecule has 0 atom stereocenters. The van der Waals surface area contributed by atoms with E-state index < -0.39 is 5.60 Å². The second-order valence-corrected chi connectivity index (χ2v) is 6.14. The fourth-order valence-corrected chi connectivity index (χ4v) is 3.47. The van der Waals surface area contributed by atoms with Crippen molar-refractivity contribution in [1.82, 2.24) is 0 Å². The van der Waals surface area contributed by atoms with Gasteiger partial charge in [0.25, 0.3) is 0 Å². The molecule has 104 valence electrons. The molecule has 0 bridgehead atoms. The summed E-state index contributed by atoms with van der Waals surface area (Å²) in [6.07, 6.45) is 10.7. The molecule has 2 heteroatoms. The zero-order chi connectivity index (χ0) is 13.1. The lowest BCUT2D eigenvalue weighted by atomic mass is 9.80. The van der Waals surface area contributed by atoms with Crippen molar-refractivity contribution < 1.29 is 9.84 Å². The highest BCUT2D eigenvalue weighted by Gasteiger charge is 2.31. The quantitative estimate of drug-likeness (QED) is 0.884. The maximum atomic E-state index is 10.7. The predicted octanol–water partition coefficient (Wildman–Crippen LogP) is 4.16. The smallest absolute Gasteiger partial charge is 0.119 e. The maximum Gasteiger partial charge on any atom is 0.119 e. The number of hydrogen-bond donors (Lipinski definition) is 1. The lowest BCUT2D eigenvalue weighted by Crippen LogP contribution is -2.28. The van der Waals surface area contributed by atoms with Gasteiger partial charge in [-0.1, -0.05) is 31.4 Å². The third-order valence-corrected chi connectivity index (χ3v) is 4.68. The molecule has 2 nitrogen and oxygen atoms in total. The zero-order valence-electron chi connectivity index (χ0n) is 11.6. The van der Waals surface area contributed by atoms with Crippen molar-refractivity contribution >= 4 is 0 Å². The van der Waals surface area contributed by atoms with Crippen LogP contribution in [0.3, 0.4) is 0 Å². The summed E-state index contributed by atoms with van der Waals surface area (Å²) >= 11 is 0. The fourth-order valence-electron chi connectivity index (χ4n) is 3.47. The first-order valence-corrected chi connectivity index (χ1v) is 7.76. The average Bonchev–Trinajstić information content (AvgIpc) is 2.93. The minimum atomic E-state index is -0.593. The lowest BCUT2D eigenvalue weighted by molar-refractivity contribution is -0.000675. The van der Waals surface area contributed by atoms with Crippen molar-refractivity contribution in [3.8, 4) is 5.75 Å². The normalized spacial score (nSPS) is 23.4. The van der Waals surface area contributed by atoms with Gasteiger partial charge in [-0.3, -0.25) is 0 Å². The zero-order valence-corrected chi connectivity index (χ0v) is 11.6. The van der Waals surface area contributed by atoms with Crippen molar-refractivity contribution in [3.05, 3.63) is 29.8 Å². The van der Waals surface area contributed by atoms with Crippen molar-refractivity contribution in [2.24, 2.45) is 0 Å². The molecule has 2 aliphatic rings. The van der Waals surface area contributed by atoms with Gasteiger partial charge in [0, 0.05) is 0 Å². The van der Waals surface area contributed by atoms with Crippen LogP contribution < -0.4 is 4.74 Å². The van der Waals surface area contributed by atoms with E-state index in [0.717, 1.165) is 37.0 Å². The molecule has 0 saturated heterocycles. The molecule has 1 aromatic carbocycles. The minimum Gasteiger partial charge on any atom is -0.490 e. The van der Waals surface area contributed by atoms with Crippen LogP contribution in [0.1, 0.15) is 63.4 Å². The Hall–Kier alpha value is -1.02. The molecule has 0 unspecified atom stereocenters. The Morgan fingerprint density at radius 3 is 2.16 bits per heavy atom. The van der Waals surface area contributed by atoms with Gasteiger partial charge in [-0.05, 0) is 56.2 Å². The molecular formula is C17H24O2. The van der Waals surface area contributed by atoms with Gasteiger partial charge in [0.1, 0.15) is 5.75 Å². The van der Waals surface area contributed by atoms with Crippen LogP contribution in [0.25, 0.3) is 0 Å². The van der Waals surface area contributed by atoms with Crippen LogP contribution in [-0.2, 0) is 5.60 Å². The highest BCUT2D eigenvalue weighted by atomic mass is 16.5. The van der Waals surface area contributed by atoms with E-state index in [1.54, 1.807) is 0 Å². The highest BCUT2D eigenvalue weighted by Crippen LogP contribution is 2.37. The third kappa shape index (κ3) is 2.94. The number of aliphatic hydroxyl groups is 1. The molecule has 3 rings (SSSR count). The van der Waals surface area contributed by atoms with E-state index in [2.05, 4.69) is 12.1 Å². The standard InChI is InChI=1S/C17H24O2/c18-17(12-4-1-5-13-17)14-8-10-16(11-9-14)19-15-6-2-3-7-15/h8-11,15,18H,1-7,12-13H2. The molecular weight excluding hydrogens is 236 g/mol. The van der Waals surface area contributed by atoms with Crippen LogP contribution >= 0.6 is 0 Å². The Bertz CT molecular complexity index is 398. The Morgan fingerprint density at radius 2 is 1.53 bits per heavy atom. The summed E-state index contributed by atoms with van der Waals surface area (Å²) in [5.74, 6) is 0.954. The first-order chi connectivity index (χ1) is 9.26. The molecule has 1 aromatic rings. The van der Waals surface area contributed by atoms with Gasteiger partial charge in [0.2, 0.25) is 0 Å². The highest BCUT2D eigenvalue weighted by molar-refractivity contribution is 5.31. The summed E-state index contributed by atoms with van der Waals surface area (Å²) in [5.41, 5.74) is 0.468. The van der Waals surface area contributed by atoms with E-state index in [1.807, 2.05) is 12.1 Å². The van der Waals surface area contributed by atoms with Gasteiger partial charge < -0.3 is 9.84 Å². The van der Waals surface area contributed by atoms with Crippen LogP contribution in [0.4, 0.5) is 0 Å². The summed E-state index contributed by atoms with van der Waals surface area (Å²) in [4.78, 5) is 0. The Kier molecular flexibility index (Phi) is 3.79. The second-order valence-electron chi connectivity index (χ2n) is 6.14. The van der Waals surface area contributed by atoms with Crippen molar-refractivity contribution in [3.63, 3.8) is 0 Å². The third-order valence-electron chi connectivity index (χ3n) is 4.68. The van der Waals surface area contributed by atoms with Gasteiger partial charge in [-0.15, -0.1) is 0 Å². The molecule has 2 aliphatic carbocycles. The van der Waals surface area contributed by atoms with Crippen LogP contribution in [0.5, 0.6) is 5.75 Å². The van der Waals surface area contributed by atoms with Gasteiger partial charge in [0.15, 0.2) is 0 Å². The summed E-state index contributed by atoms with van der Waals surface area (Å²) in [6, 6.07) is 8.16. The number of ether oxygens (including phenoxy) is 1. The maximum absolute atomic E-state index is 10.7. The number of rotatable bonds is 3. The number of hydrogen-bond acceptors (Lipinski definition) is 2. The molecule has 19 heavy (non-hydrogen) atoms. The van der Waals surface area contributed by atoms with Gasteiger partial charge in [-0.2, -0.15) is 0 Å². The SMILES string of the molecule is OC1(c2ccc(OC3CCCC3)cc2)CCCCC1. The largest absolute Gasteiger partial charge is 0.490 e. The molecule has 0 spiro atoms. The van der Waals surface area contributed by atoms with Crippen LogP contribution in [0, 0.1) is 0 Å². The summed E-state index contributed by atoms with van der Waals surface area (Å²) in [5, 5.41) is 10.7. The minimum absolute atomic E-state index is 0.406. The van der Waals surface area contributed by atoms with Crippen LogP contribution in [-0.4, -0.2) is 11.2 Å². The van der Waals surface area contributed by atoms with Crippen molar-refractivity contribution in [2.45, 2.75) is 69.5 Å². The molecule has 0 amide bonds. The summed E-state index contributed by atoms with van der Waals surface area (Å²) in [6.45, 7) is 0. The van der Waals surface area contributed by atoms with Gasteiger partial charge >= 0.3 is 0 Å². The van der Waals surface area contributed by atoms with Crippen LogP contribution in [0.15, 0.2) is 24.3 Å². The molecule has 2 fully saturated rings. The summed E-state index contributed by atoms with van der Waals surface area (Å²) in [7, 11) is 0.